The predicted molar refractivity (Wildman–Crippen MR) is 114 cm³/mol. The van der Waals surface area contributed by atoms with Crippen molar-refractivity contribution in [1.29, 1.82) is 0 Å². The van der Waals surface area contributed by atoms with Crippen molar-refractivity contribution in [2.75, 3.05) is 12.1 Å². The highest BCUT2D eigenvalue weighted by atomic mass is 32.1. The summed E-state index contributed by atoms with van der Waals surface area (Å²) in [6.45, 7) is -0.470. The van der Waals surface area contributed by atoms with Crippen LogP contribution in [0.4, 0.5) is 5.69 Å². The second-order valence-electron chi connectivity index (χ2n) is 7.02. The minimum Gasteiger partial charge on any atom is -0.464 e. The summed E-state index contributed by atoms with van der Waals surface area (Å²) >= 11 is 1.48. The van der Waals surface area contributed by atoms with E-state index in [9.17, 15) is 9.90 Å². The lowest BCUT2D eigenvalue weighted by Crippen LogP contribution is -2.11. The molecule has 0 saturated carbocycles. The van der Waals surface area contributed by atoms with E-state index in [4.69, 9.17) is 9.15 Å². The van der Waals surface area contributed by atoms with Crippen LogP contribution in [0.3, 0.4) is 0 Å². The minimum atomic E-state index is -0.470. The number of fused-ring (bicyclic) bond motifs is 2. The van der Waals surface area contributed by atoms with Gasteiger partial charge in [-0.2, -0.15) is 0 Å². The summed E-state index contributed by atoms with van der Waals surface area (Å²) < 4.78 is 11.1. The number of para-hydroxylation sites is 1. The summed E-state index contributed by atoms with van der Waals surface area (Å²) in [4.78, 5) is 13.6. The molecule has 0 atom stereocenters. The Hall–Kier alpha value is -3.09. The van der Waals surface area contributed by atoms with Crippen LogP contribution in [0, 0.1) is 0 Å². The number of aliphatic hydroxyl groups is 1. The van der Waals surface area contributed by atoms with Crippen molar-refractivity contribution in [2.24, 2.45) is 0 Å². The third kappa shape index (κ3) is 3.30. The number of furan rings is 1. The van der Waals surface area contributed by atoms with Crippen molar-refractivity contribution >= 4 is 33.9 Å². The van der Waals surface area contributed by atoms with Crippen molar-refractivity contribution in [1.82, 2.24) is 0 Å². The van der Waals surface area contributed by atoms with Crippen LogP contribution in [0.2, 0.25) is 0 Å². The second kappa shape index (κ2) is 7.39. The third-order valence-corrected chi connectivity index (χ3v) is 6.22. The van der Waals surface area contributed by atoms with Gasteiger partial charge in [-0.25, -0.2) is 0 Å². The van der Waals surface area contributed by atoms with Gasteiger partial charge in [0.05, 0.1) is 10.6 Å². The van der Waals surface area contributed by atoms with E-state index in [0.717, 1.165) is 28.7 Å². The highest BCUT2D eigenvalue weighted by Gasteiger charge is 2.21. The minimum absolute atomic E-state index is 0.228. The molecular formula is C23H19NO4S. The molecule has 5 nitrogen and oxygen atoms in total. The Labute approximate surface area is 171 Å². The SMILES string of the molecule is O=C(Nc1csc(-c2ccc3c(c2)CCC3)c1OCO)c1cc2ccccc2o1. The van der Waals surface area contributed by atoms with Crippen molar-refractivity contribution in [3.8, 4) is 16.2 Å². The average Bonchev–Trinajstić information content (AvgIpc) is 3.46. The van der Waals surface area contributed by atoms with Gasteiger partial charge in [0.25, 0.3) is 5.91 Å². The van der Waals surface area contributed by atoms with Gasteiger partial charge in [-0.05, 0) is 54.2 Å². The molecule has 1 aliphatic rings. The predicted octanol–water partition coefficient (Wildman–Crippen LogP) is 5.23. The van der Waals surface area contributed by atoms with Crippen LogP contribution in [-0.2, 0) is 12.8 Å². The molecule has 0 bridgehead atoms. The van der Waals surface area contributed by atoms with Gasteiger partial charge in [-0.1, -0.05) is 30.3 Å². The summed E-state index contributed by atoms with van der Waals surface area (Å²) in [6.07, 6.45) is 3.39. The number of aliphatic hydroxyl groups excluding tert-OH is 1. The van der Waals surface area contributed by atoms with Crippen LogP contribution in [0.15, 0.2) is 58.3 Å². The number of rotatable bonds is 5. The van der Waals surface area contributed by atoms with E-state index < -0.39 is 6.79 Å². The van der Waals surface area contributed by atoms with Crippen LogP contribution < -0.4 is 10.1 Å². The average molecular weight is 405 g/mol. The van der Waals surface area contributed by atoms with Gasteiger partial charge in [-0.3, -0.25) is 4.79 Å². The largest absolute Gasteiger partial charge is 0.464 e. The quantitative estimate of drug-likeness (QED) is 0.446. The number of amides is 1. The van der Waals surface area contributed by atoms with Gasteiger partial charge >= 0.3 is 0 Å². The van der Waals surface area contributed by atoms with E-state index >= 15 is 0 Å². The smallest absolute Gasteiger partial charge is 0.291 e. The van der Waals surface area contributed by atoms with Gasteiger partial charge in [-0.15, -0.1) is 11.3 Å². The van der Waals surface area contributed by atoms with Crippen LogP contribution in [0.25, 0.3) is 21.4 Å². The van der Waals surface area contributed by atoms with E-state index in [2.05, 4.69) is 23.5 Å². The van der Waals surface area contributed by atoms with E-state index in [0.29, 0.717) is 17.0 Å². The molecule has 1 aliphatic carbocycles. The van der Waals surface area contributed by atoms with E-state index in [-0.39, 0.29) is 11.7 Å². The molecule has 146 valence electrons. The number of anilines is 1. The zero-order valence-electron chi connectivity index (χ0n) is 15.6. The zero-order valence-corrected chi connectivity index (χ0v) is 16.4. The molecule has 29 heavy (non-hydrogen) atoms. The fourth-order valence-electron chi connectivity index (χ4n) is 3.83. The molecule has 0 aliphatic heterocycles. The Balaban J connectivity index is 1.46. The number of ether oxygens (including phenoxy) is 1. The zero-order chi connectivity index (χ0) is 19.8. The molecule has 2 N–H and O–H groups in total. The first-order chi connectivity index (χ1) is 14.2. The van der Waals surface area contributed by atoms with Crippen LogP contribution in [0.5, 0.6) is 5.75 Å². The van der Waals surface area contributed by atoms with Gasteiger partial charge in [0.2, 0.25) is 0 Å². The van der Waals surface area contributed by atoms with Crippen LogP contribution >= 0.6 is 11.3 Å². The van der Waals surface area contributed by atoms with Gasteiger partial charge in [0, 0.05) is 10.8 Å². The normalized spacial score (nSPS) is 12.9. The number of benzene rings is 2. The van der Waals surface area contributed by atoms with Crippen molar-refractivity contribution in [3.05, 3.63) is 70.8 Å². The molecule has 2 aromatic carbocycles. The maximum Gasteiger partial charge on any atom is 0.291 e. The number of hydrogen-bond donors (Lipinski definition) is 2. The first-order valence-electron chi connectivity index (χ1n) is 9.50. The first-order valence-corrected chi connectivity index (χ1v) is 10.4. The molecule has 6 heteroatoms. The van der Waals surface area contributed by atoms with E-state index in [1.165, 1.54) is 28.9 Å². The Morgan fingerprint density at radius 1 is 1.14 bits per heavy atom. The highest BCUT2D eigenvalue weighted by molar-refractivity contribution is 7.14. The van der Waals surface area contributed by atoms with Crippen molar-refractivity contribution < 1.29 is 19.1 Å². The molecule has 4 aromatic rings. The van der Waals surface area contributed by atoms with Crippen molar-refractivity contribution in [3.63, 3.8) is 0 Å². The third-order valence-electron chi connectivity index (χ3n) is 5.21. The highest BCUT2D eigenvalue weighted by Crippen LogP contribution is 2.44. The molecule has 5 rings (SSSR count). The number of aryl methyl sites for hydroxylation is 2. The van der Waals surface area contributed by atoms with Crippen LogP contribution in [-0.4, -0.2) is 17.8 Å². The first kappa shape index (κ1) is 18.0. The molecule has 1 amide bonds. The number of thiophene rings is 1. The lowest BCUT2D eigenvalue weighted by Gasteiger charge is -2.10. The molecule has 2 aromatic heterocycles. The fourth-order valence-corrected chi connectivity index (χ4v) is 4.77. The summed E-state index contributed by atoms with van der Waals surface area (Å²) in [7, 11) is 0. The topological polar surface area (TPSA) is 71.7 Å². The molecule has 2 heterocycles. The summed E-state index contributed by atoms with van der Waals surface area (Å²) in [5.74, 6) is 0.341. The van der Waals surface area contributed by atoms with Gasteiger partial charge < -0.3 is 19.6 Å². The van der Waals surface area contributed by atoms with Gasteiger partial charge in [0.15, 0.2) is 18.3 Å². The maximum absolute atomic E-state index is 12.7. The molecule has 0 radical (unpaired) electrons. The Bertz CT molecular complexity index is 1170. The lowest BCUT2D eigenvalue weighted by atomic mass is 10.1. The standard InChI is InChI=1S/C23H19NO4S/c25-13-27-21-18(24-23(26)20-11-16-4-1-2-7-19(16)28-20)12-29-22(21)17-9-8-14-5-3-6-15(14)10-17/h1-2,4,7-12,25H,3,5-6,13H2,(H,24,26). The van der Waals surface area contributed by atoms with Gasteiger partial charge in [0.1, 0.15) is 5.58 Å². The summed E-state index contributed by atoms with van der Waals surface area (Å²) in [5.41, 5.74) is 4.97. The lowest BCUT2D eigenvalue weighted by molar-refractivity contribution is 0.0970. The number of carbonyl (C=O) groups is 1. The molecule has 0 fully saturated rings. The Morgan fingerprint density at radius 3 is 2.86 bits per heavy atom. The fraction of sp³-hybridized carbons (Fsp3) is 0.174. The summed E-state index contributed by atoms with van der Waals surface area (Å²) in [6, 6.07) is 15.6. The van der Waals surface area contributed by atoms with Crippen molar-refractivity contribution in [2.45, 2.75) is 19.3 Å². The second-order valence-corrected chi connectivity index (χ2v) is 7.90. The molecule has 0 unspecified atom stereocenters. The molecule has 0 saturated heterocycles. The maximum atomic E-state index is 12.7. The number of hydrogen-bond acceptors (Lipinski definition) is 5. The monoisotopic (exact) mass is 405 g/mol. The van der Waals surface area contributed by atoms with E-state index in [1.807, 2.05) is 29.6 Å². The molecular weight excluding hydrogens is 386 g/mol. The Morgan fingerprint density at radius 2 is 2.00 bits per heavy atom. The number of nitrogens with one attached hydrogen (secondary N) is 1. The number of carbonyl (C=O) groups excluding carboxylic acids is 1. The molecule has 0 spiro atoms. The van der Waals surface area contributed by atoms with Crippen LogP contribution in [0.1, 0.15) is 28.1 Å². The van der Waals surface area contributed by atoms with E-state index in [1.54, 1.807) is 6.07 Å². The Kier molecular flexibility index (Phi) is 4.58. The summed E-state index contributed by atoms with van der Waals surface area (Å²) in [5, 5.41) is 14.9.